The molecule has 0 heterocycles. The third-order valence-corrected chi connectivity index (χ3v) is 15.3. The zero-order valence-electron chi connectivity index (χ0n) is 22.5. The van der Waals surface area contributed by atoms with Crippen LogP contribution in [0.3, 0.4) is 0 Å². The Hall–Kier alpha value is -2.78. The first-order valence-electron chi connectivity index (χ1n) is 13.8. The van der Waals surface area contributed by atoms with Gasteiger partial charge in [-0.05, 0) is 0 Å². The zero-order valence-corrected chi connectivity index (χ0v) is 26.1. The second kappa shape index (κ2) is 13.9. The van der Waals surface area contributed by atoms with Crippen LogP contribution in [0.1, 0.15) is 17.6 Å². The molecular weight excluding hydrogens is 601 g/mol. The van der Waals surface area contributed by atoms with E-state index in [1.54, 1.807) is 0 Å². The predicted octanol–water partition coefficient (Wildman–Crippen LogP) is 9.10. The predicted molar refractivity (Wildman–Crippen MR) is 179 cm³/mol. The van der Waals surface area contributed by atoms with Gasteiger partial charge in [0.2, 0.25) is 0 Å². The van der Waals surface area contributed by atoms with E-state index in [4.69, 9.17) is 10.2 Å². The first kappa shape index (κ1) is 28.3. The molecule has 0 aliphatic heterocycles. The minimum absolute atomic E-state index is 0.241. The molecule has 0 amide bonds. The zero-order chi connectivity index (χ0) is 27.9. The molecule has 6 aromatic rings. The van der Waals surface area contributed by atoms with Crippen molar-refractivity contribution in [3.05, 3.63) is 169 Å². The fourth-order valence-corrected chi connectivity index (χ4v) is 13.7. The van der Waals surface area contributed by atoms with Crippen LogP contribution in [0, 0.1) is 0 Å². The van der Waals surface area contributed by atoms with Crippen molar-refractivity contribution in [1.82, 2.24) is 0 Å². The molecule has 0 nitrogen and oxygen atoms in total. The summed E-state index contributed by atoms with van der Waals surface area (Å²) in [6.07, 6.45) is 0.975. The molecule has 0 aliphatic carbocycles. The SMILES string of the molecule is [Cl][Ni][CH](CC(c1cccc2ccccc12)P(c1ccccc1)c1ccccc1)P(c1ccccc1)c1ccccc1. The minimum atomic E-state index is -0.723. The molecule has 0 aromatic heterocycles. The Morgan fingerprint density at radius 2 is 0.878 bits per heavy atom. The van der Waals surface area contributed by atoms with Gasteiger partial charge in [0.15, 0.2) is 0 Å². The molecule has 0 N–H and O–H groups in total. The van der Waals surface area contributed by atoms with E-state index < -0.39 is 15.8 Å². The number of rotatable bonds is 10. The molecule has 0 spiro atoms. The van der Waals surface area contributed by atoms with Crippen LogP contribution in [0.2, 0.25) is 0 Å². The van der Waals surface area contributed by atoms with Gasteiger partial charge in [-0.25, -0.2) is 0 Å². The van der Waals surface area contributed by atoms with Crippen LogP contribution < -0.4 is 21.2 Å². The van der Waals surface area contributed by atoms with Crippen molar-refractivity contribution < 1.29 is 13.5 Å². The van der Waals surface area contributed by atoms with Crippen molar-refractivity contribution in [2.45, 2.75) is 16.7 Å². The van der Waals surface area contributed by atoms with Crippen molar-refractivity contribution in [3.63, 3.8) is 0 Å². The summed E-state index contributed by atoms with van der Waals surface area (Å²) in [5.74, 6) is 0. The van der Waals surface area contributed by atoms with Gasteiger partial charge < -0.3 is 0 Å². The number of hydrogen-bond donors (Lipinski definition) is 0. The first-order chi connectivity index (χ1) is 20.3. The summed E-state index contributed by atoms with van der Waals surface area (Å²) in [5, 5.41) is 8.17. The van der Waals surface area contributed by atoms with E-state index >= 15 is 0 Å². The van der Waals surface area contributed by atoms with Gasteiger partial charge >= 0.3 is 258 Å². The number of halogens is 1. The van der Waals surface area contributed by atoms with Gasteiger partial charge in [0, 0.05) is 0 Å². The van der Waals surface area contributed by atoms with Crippen molar-refractivity contribution in [2.24, 2.45) is 0 Å². The standard InChI is InChI=1S/C37H31P2.ClH.Ni/c1-5-18-31(19-6-1)38(32-20-7-2-8-21-32)29-28-37(36-27-15-17-30-16-13-14-26-35(30)36)39(33-22-9-3-10-23-33)34-24-11-4-12-25-34;;/h1-27,29,37H,28H2;1H;/q;;+1/p-1. The molecular formula is C37H31ClNiP2. The molecule has 0 saturated carbocycles. The van der Waals surface area contributed by atoms with Crippen molar-refractivity contribution in [2.75, 3.05) is 0 Å². The van der Waals surface area contributed by atoms with E-state index in [1.165, 1.54) is 51.1 Å². The normalized spacial score (nSPS) is 13.0. The third-order valence-electron chi connectivity index (χ3n) is 7.38. The van der Waals surface area contributed by atoms with Crippen LogP contribution in [0.25, 0.3) is 10.8 Å². The molecule has 41 heavy (non-hydrogen) atoms. The Morgan fingerprint density at radius 3 is 1.37 bits per heavy atom. The monoisotopic (exact) mass is 630 g/mol. The first-order valence-corrected chi connectivity index (χ1v) is 18.5. The van der Waals surface area contributed by atoms with E-state index in [2.05, 4.69) is 164 Å². The van der Waals surface area contributed by atoms with Crippen LogP contribution in [0.5, 0.6) is 0 Å². The average Bonchev–Trinajstić information content (AvgIpc) is 3.05. The molecule has 0 radical (unpaired) electrons. The number of benzene rings is 6. The van der Waals surface area contributed by atoms with Gasteiger partial charge in [-0.15, -0.1) is 0 Å². The molecule has 0 fully saturated rings. The molecule has 0 bridgehead atoms. The molecule has 6 aromatic carbocycles. The summed E-state index contributed by atoms with van der Waals surface area (Å²) in [6, 6.07) is 59.9. The van der Waals surface area contributed by atoms with Crippen LogP contribution >= 0.6 is 26.0 Å². The van der Waals surface area contributed by atoms with Crippen LogP contribution in [-0.2, 0) is 13.5 Å². The summed E-state index contributed by atoms with van der Waals surface area (Å²) >= 11 is 1.29. The van der Waals surface area contributed by atoms with Gasteiger partial charge in [0.05, 0.1) is 0 Å². The van der Waals surface area contributed by atoms with Gasteiger partial charge in [-0.1, -0.05) is 0 Å². The van der Waals surface area contributed by atoms with E-state index in [9.17, 15) is 0 Å². The van der Waals surface area contributed by atoms with Crippen LogP contribution in [-0.4, -0.2) is 4.63 Å². The Kier molecular flexibility index (Phi) is 9.63. The van der Waals surface area contributed by atoms with Crippen molar-refractivity contribution in [1.29, 1.82) is 0 Å². The van der Waals surface area contributed by atoms with E-state index in [-0.39, 0.29) is 10.3 Å². The molecule has 6 rings (SSSR count). The van der Waals surface area contributed by atoms with Crippen LogP contribution in [0.15, 0.2) is 164 Å². The van der Waals surface area contributed by atoms with Gasteiger partial charge in [-0.2, -0.15) is 0 Å². The quantitative estimate of drug-likeness (QED) is 0.105. The third kappa shape index (κ3) is 6.51. The summed E-state index contributed by atoms with van der Waals surface area (Å²) in [5.41, 5.74) is 1.69. The van der Waals surface area contributed by atoms with Gasteiger partial charge in [0.25, 0.3) is 0 Å². The Balaban J connectivity index is 1.54. The number of hydrogen-bond acceptors (Lipinski definition) is 0. The van der Waals surface area contributed by atoms with E-state index in [1.807, 2.05) is 0 Å². The van der Waals surface area contributed by atoms with Crippen LogP contribution in [0.4, 0.5) is 0 Å². The van der Waals surface area contributed by atoms with Crippen molar-refractivity contribution in [3.8, 4) is 0 Å². The molecule has 2 unspecified atom stereocenters. The fourth-order valence-electron chi connectivity index (χ4n) is 5.56. The molecule has 0 saturated heterocycles. The summed E-state index contributed by atoms with van der Waals surface area (Å²) in [7, 11) is 5.55. The summed E-state index contributed by atoms with van der Waals surface area (Å²) in [4.78, 5) is 0. The second-order valence-electron chi connectivity index (χ2n) is 9.86. The summed E-state index contributed by atoms with van der Waals surface area (Å²) in [6.45, 7) is 0. The fraction of sp³-hybridized carbons (Fsp3) is 0.0811. The molecule has 2 atom stereocenters. The Bertz CT molecular complexity index is 1580. The summed E-state index contributed by atoms with van der Waals surface area (Å²) < 4.78 is 0.241. The Morgan fingerprint density at radius 1 is 0.463 bits per heavy atom. The Labute approximate surface area is 256 Å². The number of fused-ring (bicyclic) bond motifs is 1. The average molecular weight is 632 g/mol. The molecule has 206 valence electrons. The topological polar surface area (TPSA) is 0 Å². The molecule has 4 heteroatoms. The van der Waals surface area contributed by atoms with E-state index in [0.29, 0.717) is 0 Å². The second-order valence-corrected chi connectivity index (χ2v) is 16.5. The van der Waals surface area contributed by atoms with Gasteiger partial charge in [0.1, 0.15) is 0 Å². The van der Waals surface area contributed by atoms with Gasteiger partial charge in [-0.3, -0.25) is 0 Å². The maximum atomic E-state index is 6.97. The molecule has 0 aliphatic rings. The van der Waals surface area contributed by atoms with E-state index in [0.717, 1.165) is 6.42 Å². The van der Waals surface area contributed by atoms with Crippen molar-refractivity contribution >= 4 is 58.0 Å². The maximum absolute atomic E-state index is 6.97.